The van der Waals surface area contributed by atoms with Gasteiger partial charge in [-0.05, 0) is 19.1 Å². The Morgan fingerprint density at radius 1 is 1.26 bits per heavy atom. The Morgan fingerprint density at radius 3 is 2.70 bits per heavy atom. The van der Waals surface area contributed by atoms with Gasteiger partial charge in [-0.1, -0.05) is 48.0 Å². The molecular weight excluding hydrogens is 360 g/mol. The summed E-state index contributed by atoms with van der Waals surface area (Å²) in [5, 5.41) is 20.9. The number of nitrogens with zero attached hydrogens (tertiary/aromatic N) is 2. The van der Waals surface area contributed by atoms with E-state index in [0.29, 0.717) is 21.9 Å². The number of aliphatic carboxylic acids is 1. The fourth-order valence-electron chi connectivity index (χ4n) is 2.42. The minimum Gasteiger partial charge on any atom is -0.481 e. The minimum absolute atomic E-state index is 0.393. The number of ether oxygens (including phenoxy) is 1. The number of carbonyl (C=O) groups is 1. The summed E-state index contributed by atoms with van der Waals surface area (Å²) in [5.41, 5.74) is 3.99. The van der Waals surface area contributed by atoms with Gasteiger partial charge >= 0.3 is 5.97 Å². The Bertz CT molecular complexity index is 1030. The number of benzene rings is 2. The van der Waals surface area contributed by atoms with E-state index in [4.69, 9.17) is 9.84 Å². The van der Waals surface area contributed by atoms with Crippen LogP contribution in [0.5, 0.6) is 5.75 Å². The van der Waals surface area contributed by atoms with Crippen LogP contribution >= 0.6 is 11.3 Å². The number of rotatable bonds is 6. The van der Waals surface area contributed by atoms with Gasteiger partial charge in [-0.3, -0.25) is 0 Å². The highest BCUT2D eigenvalue weighted by atomic mass is 32.1. The molecule has 0 spiro atoms. The molecule has 0 aliphatic carbocycles. The highest BCUT2D eigenvalue weighted by Gasteiger charge is 2.11. The van der Waals surface area contributed by atoms with Crippen LogP contribution in [-0.2, 0) is 4.79 Å². The molecule has 2 aromatic carbocycles. The molecule has 0 aliphatic rings. The minimum atomic E-state index is -1.06. The number of carboxylic acid groups (broad SMARTS) is 1. The second kappa shape index (κ2) is 8.30. The van der Waals surface area contributed by atoms with Gasteiger partial charge in [0.05, 0.1) is 11.3 Å². The summed E-state index contributed by atoms with van der Waals surface area (Å²) in [6.45, 7) is 1.58. The molecule has 0 fully saturated rings. The van der Waals surface area contributed by atoms with E-state index in [1.165, 1.54) is 16.9 Å². The fourth-order valence-corrected chi connectivity index (χ4v) is 3.22. The topological polar surface area (TPSA) is 83.2 Å². The number of allylic oxidation sites excluding steroid dienone is 1. The summed E-state index contributed by atoms with van der Waals surface area (Å²) in [5.74, 6) is -0.653. The maximum absolute atomic E-state index is 10.7. The SMILES string of the molecule is Cc1ccc(-c2csc(C(C#N)=Cc3ccccc3OCC(=O)O)n2)cc1. The van der Waals surface area contributed by atoms with Crippen molar-refractivity contribution in [1.29, 1.82) is 5.26 Å². The number of aryl methyl sites for hydroxylation is 1. The molecule has 0 amide bonds. The molecule has 27 heavy (non-hydrogen) atoms. The third kappa shape index (κ3) is 4.60. The number of hydrogen-bond donors (Lipinski definition) is 1. The first kappa shape index (κ1) is 18.4. The largest absolute Gasteiger partial charge is 0.481 e. The van der Waals surface area contributed by atoms with Gasteiger partial charge in [0, 0.05) is 16.5 Å². The van der Waals surface area contributed by atoms with Gasteiger partial charge in [0.15, 0.2) is 6.61 Å². The molecule has 1 heterocycles. The zero-order valence-electron chi connectivity index (χ0n) is 14.5. The van der Waals surface area contributed by atoms with Crippen LogP contribution in [0.15, 0.2) is 53.9 Å². The summed E-state index contributed by atoms with van der Waals surface area (Å²) in [7, 11) is 0. The molecule has 0 aliphatic heterocycles. The average molecular weight is 376 g/mol. The number of nitriles is 1. The quantitative estimate of drug-likeness (QED) is 0.633. The molecule has 5 nitrogen and oxygen atoms in total. The average Bonchev–Trinajstić information content (AvgIpc) is 3.15. The number of aromatic nitrogens is 1. The summed E-state index contributed by atoms with van der Waals surface area (Å²) in [6.07, 6.45) is 1.66. The molecule has 1 aromatic heterocycles. The normalized spacial score (nSPS) is 11.0. The summed E-state index contributed by atoms with van der Waals surface area (Å²) < 4.78 is 5.30. The van der Waals surface area contributed by atoms with Crippen molar-refractivity contribution in [2.24, 2.45) is 0 Å². The Hall–Kier alpha value is -3.43. The number of carboxylic acids is 1. The highest BCUT2D eigenvalue weighted by molar-refractivity contribution is 7.11. The van der Waals surface area contributed by atoms with E-state index >= 15 is 0 Å². The number of hydrogen-bond acceptors (Lipinski definition) is 5. The van der Waals surface area contributed by atoms with E-state index in [1.54, 1.807) is 30.3 Å². The van der Waals surface area contributed by atoms with Crippen LogP contribution in [0.3, 0.4) is 0 Å². The van der Waals surface area contributed by atoms with Crippen LogP contribution in [0, 0.1) is 18.3 Å². The van der Waals surface area contributed by atoms with Crippen LogP contribution in [0.25, 0.3) is 22.9 Å². The molecule has 0 radical (unpaired) electrons. The van der Waals surface area contributed by atoms with Gasteiger partial charge in [0.1, 0.15) is 16.8 Å². The molecule has 0 saturated heterocycles. The van der Waals surface area contributed by atoms with Crippen LogP contribution in [0.1, 0.15) is 16.1 Å². The Balaban J connectivity index is 1.91. The maximum Gasteiger partial charge on any atom is 0.341 e. The molecule has 1 N–H and O–H groups in total. The molecule has 0 atom stereocenters. The highest BCUT2D eigenvalue weighted by Crippen LogP contribution is 2.29. The van der Waals surface area contributed by atoms with Gasteiger partial charge in [-0.2, -0.15) is 5.26 Å². The van der Waals surface area contributed by atoms with Gasteiger partial charge in [0.25, 0.3) is 0 Å². The van der Waals surface area contributed by atoms with Gasteiger partial charge < -0.3 is 9.84 Å². The first-order valence-corrected chi connectivity index (χ1v) is 9.03. The van der Waals surface area contributed by atoms with E-state index in [0.717, 1.165) is 11.3 Å². The molecule has 3 aromatic rings. The maximum atomic E-state index is 10.7. The first-order chi connectivity index (χ1) is 13.1. The van der Waals surface area contributed by atoms with Crippen molar-refractivity contribution in [1.82, 2.24) is 4.98 Å². The van der Waals surface area contributed by atoms with Crippen molar-refractivity contribution in [3.05, 3.63) is 70.0 Å². The Morgan fingerprint density at radius 2 is 2.00 bits per heavy atom. The Labute approximate surface area is 160 Å². The van der Waals surface area contributed by atoms with Crippen LogP contribution in [-0.4, -0.2) is 22.7 Å². The lowest BCUT2D eigenvalue weighted by atomic mass is 10.1. The van der Waals surface area contributed by atoms with Crippen molar-refractivity contribution in [2.75, 3.05) is 6.61 Å². The molecule has 3 rings (SSSR count). The van der Waals surface area contributed by atoms with E-state index in [-0.39, 0.29) is 0 Å². The summed E-state index contributed by atoms with van der Waals surface area (Å²) in [6, 6.07) is 17.2. The predicted molar refractivity (Wildman–Crippen MR) is 105 cm³/mol. The first-order valence-electron chi connectivity index (χ1n) is 8.15. The van der Waals surface area contributed by atoms with E-state index in [2.05, 4.69) is 11.1 Å². The Kier molecular flexibility index (Phi) is 5.64. The van der Waals surface area contributed by atoms with Crippen molar-refractivity contribution in [3.63, 3.8) is 0 Å². The van der Waals surface area contributed by atoms with E-state index < -0.39 is 12.6 Å². The fraction of sp³-hybridized carbons (Fsp3) is 0.0952. The van der Waals surface area contributed by atoms with Crippen LogP contribution < -0.4 is 4.74 Å². The van der Waals surface area contributed by atoms with Gasteiger partial charge in [-0.25, -0.2) is 9.78 Å². The molecule has 6 heteroatoms. The predicted octanol–water partition coefficient (Wildman–Crippen LogP) is 4.65. The molecule has 0 saturated carbocycles. The standard InChI is InChI=1S/C21H16N2O3S/c1-14-6-8-15(9-7-14)18-13-27-21(23-18)17(11-22)10-16-4-2-3-5-19(16)26-12-20(24)25/h2-10,13H,12H2,1H3,(H,24,25). The summed E-state index contributed by atoms with van der Waals surface area (Å²) in [4.78, 5) is 15.3. The van der Waals surface area contributed by atoms with E-state index in [9.17, 15) is 10.1 Å². The van der Waals surface area contributed by atoms with Crippen molar-refractivity contribution in [3.8, 4) is 23.1 Å². The van der Waals surface area contributed by atoms with Crippen molar-refractivity contribution >= 4 is 29.0 Å². The smallest absolute Gasteiger partial charge is 0.341 e. The van der Waals surface area contributed by atoms with Gasteiger partial charge in [-0.15, -0.1) is 11.3 Å². The number of para-hydroxylation sites is 1. The van der Waals surface area contributed by atoms with E-state index in [1.807, 2.05) is 36.6 Å². The van der Waals surface area contributed by atoms with Crippen molar-refractivity contribution < 1.29 is 14.6 Å². The second-order valence-electron chi connectivity index (χ2n) is 5.79. The second-order valence-corrected chi connectivity index (χ2v) is 6.65. The molecule has 0 bridgehead atoms. The summed E-state index contributed by atoms with van der Waals surface area (Å²) >= 11 is 1.39. The van der Waals surface area contributed by atoms with Crippen LogP contribution in [0.4, 0.5) is 0 Å². The lowest BCUT2D eigenvalue weighted by molar-refractivity contribution is -0.139. The van der Waals surface area contributed by atoms with Gasteiger partial charge in [0.2, 0.25) is 0 Å². The third-order valence-electron chi connectivity index (χ3n) is 3.77. The molecular formula is C21H16N2O3S. The molecule has 134 valence electrons. The lowest BCUT2D eigenvalue weighted by Crippen LogP contribution is -2.09. The van der Waals surface area contributed by atoms with Crippen molar-refractivity contribution in [2.45, 2.75) is 6.92 Å². The van der Waals surface area contributed by atoms with Crippen LogP contribution in [0.2, 0.25) is 0 Å². The lowest BCUT2D eigenvalue weighted by Gasteiger charge is -2.07. The number of thiazole rings is 1. The zero-order valence-corrected chi connectivity index (χ0v) is 15.4. The zero-order chi connectivity index (χ0) is 19.2. The molecule has 0 unspecified atom stereocenters. The monoisotopic (exact) mass is 376 g/mol. The third-order valence-corrected chi connectivity index (χ3v) is 4.65.